The van der Waals surface area contributed by atoms with Crippen molar-refractivity contribution in [1.29, 1.82) is 0 Å². The molecule has 0 aromatic heterocycles. The maximum Gasteiger partial charge on any atom is 0.206 e. The van der Waals surface area contributed by atoms with Gasteiger partial charge in [-0.05, 0) is 0 Å². The van der Waals surface area contributed by atoms with Crippen molar-refractivity contribution in [2.75, 3.05) is 23.8 Å². The summed E-state index contributed by atoms with van der Waals surface area (Å²) in [4.78, 5) is 11.3. The molecule has 5 nitrogen and oxygen atoms in total. The molecule has 0 rings (SSSR count). The first-order valence-electron chi connectivity index (χ1n) is 4.38. The van der Waals surface area contributed by atoms with Gasteiger partial charge in [0.2, 0.25) is 5.12 Å². The van der Waals surface area contributed by atoms with Gasteiger partial charge in [-0.3, -0.25) is 4.79 Å². The number of aliphatic hydroxyl groups excluding tert-OH is 1. The van der Waals surface area contributed by atoms with Gasteiger partial charge in [0.1, 0.15) is 6.23 Å². The van der Waals surface area contributed by atoms with E-state index in [9.17, 15) is 4.79 Å². The minimum Gasteiger partial charge on any atom is -0.378 e. The molecule has 8 heteroatoms. The zero-order chi connectivity index (χ0) is 11.7. The van der Waals surface area contributed by atoms with Crippen LogP contribution in [0.15, 0.2) is 0 Å². The Labute approximate surface area is 102 Å². The smallest absolute Gasteiger partial charge is 0.206 e. The first-order chi connectivity index (χ1) is 7.07. The van der Waals surface area contributed by atoms with Gasteiger partial charge >= 0.3 is 0 Å². The number of aliphatic hydroxyl groups is 1. The van der Waals surface area contributed by atoms with Crippen LogP contribution in [0.5, 0.6) is 0 Å². The van der Waals surface area contributed by atoms with Crippen LogP contribution in [0.4, 0.5) is 0 Å². The Morgan fingerprint density at radius 3 is 2.40 bits per heavy atom. The Morgan fingerprint density at radius 1 is 1.27 bits per heavy atom. The third-order valence-corrected chi connectivity index (χ3v) is 4.72. The highest BCUT2D eigenvalue weighted by Crippen LogP contribution is 2.22. The summed E-state index contributed by atoms with van der Waals surface area (Å²) in [6, 6.07) is -0.478. The molecule has 0 radical (unpaired) electrons. The van der Waals surface area contributed by atoms with Crippen molar-refractivity contribution in [3.63, 3.8) is 0 Å². The Bertz CT molecular complexity index is 183. The fourth-order valence-electron chi connectivity index (χ4n) is 0.574. The van der Waals surface area contributed by atoms with Gasteiger partial charge < -0.3 is 22.3 Å². The van der Waals surface area contributed by atoms with Crippen molar-refractivity contribution < 1.29 is 9.90 Å². The van der Waals surface area contributed by atoms with Crippen LogP contribution in [0.2, 0.25) is 0 Å². The molecule has 0 aliphatic carbocycles. The summed E-state index contributed by atoms with van der Waals surface area (Å²) in [6.07, 6.45) is -0.818. The third-order valence-electron chi connectivity index (χ3n) is 1.23. The van der Waals surface area contributed by atoms with E-state index in [0.29, 0.717) is 23.8 Å². The summed E-state index contributed by atoms with van der Waals surface area (Å²) < 4.78 is 0. The molecule has 0 aromatic rings. The van der Waals surface area contributed by atoms with Crippen LogP contribution in [0, 0.1) is 0 Å². The predicted octanol–water partition coefficient (Wildman–Crippen LogP) is -0.809. The largest absolute Gasteiger partial charge is 0.378 e. The molecule has 2 unspecified atom stereocenters. The Kier molecular flexibility index (Phi) is 10.1. The quantitative estimate of drug-likeness (QED) is 0.257. The first kappa shape index (κ1) is 15.6. The normalized spacial score (nSPS) is 14.9. The molecule has 0 heterocycles. The van der Waals surface area contributed by atoms with E-state index >= 15 is 0 Å². The minimum atomic E-state index is -0.818. The third kappa shape index (κ3) is 9.49. The van der Waals surface area contributed by atoms with E-state index in [1.165, 1.54) is 21.6 Å². The number of thioether (sulfide) groups is 1. The van der Waals surface area contributed by atoms with E-state index in [4.69, 9.17) is 22.3 Å². The lowest BCUT2D eigenvalue weighted by molar-refractivity contribution is -0.111. The Hall–Kier alpha value is 0.560. The standard InChI is InChI=1S/C7H17N3O2S3/c8-1-2-13-7(12)5(9)3-14-15-4-6(10)11/h5-6,11H,1-4,8-10H2. The Balaban J connectivity index is 3.46. The van der Waals surface area contributed by atoms with E-state index in [1.807, 2.05) is 0 Å². The molecule has 7 N–H and O–H groups in total. The second-order valence-corrected chi connectivity index (χ2v) is 6.35. The maximum absolute atomic E-state index is 11.3. The van der Waals surface area contributed by atoms with E-state index in [0.717, 1.165) is 11.8 Å². The predicted molar refractivity (Wildman–Crippen MR) is 69.6 cm³/mol. The highest BCUT2D eigenvalue weighted by molar-refractivity contribution is 8.76. The monoisotopic (exact) mass is 271 g/mol. The summed E-state index contributed by atoms with van der Waals surface area (Å²) in [5.41, 5.74) is 16.0. The van der Waals surface area contributed by atoms with Crippen molar-refractivity contribution in [3.8, 4) is 0 Å². The molecule has 0 saturated heterocycles. The molecule has 0 aromatic carbocycles. The SMILES string of the molecule is NCCSC(=O)C(N)CSSCC(N)O. The zero-order valence-corrected chi connectivity index (χ0v) is 10.7. The fraction of sp³-hybridized carbons (Fsp3) is 0.857. The summed E-state index contributed by atoms with van der Waals surface area (Å²) in [5.74, 6) is 1.56. The molecular weight excluding hydrogens is 254 g/mol. The number of rotatable bonds is 8. The number of hydrogen-bond acceptors (Lipinski definition) is 8. The van der Waals surface area contributed by atoms with Crippen LogP contribution < -0.4 is 17.2 Å². The van der Waals surface area contributed by atoms with Crippen molar-refractivity contribution in [3.05, 3.63) is 0 Å². The van der Waals surface area contributed by atoms with E-state index in [1.54, 1.807) is 0 Å². The van der Waals surface area contributed by atoms with Crippen molar-refractivity contribution in [1.82, 2.24) is 0 Å². The number of hydrogen-bond donors (Lipinski definition) is 4. The molecule has 2 atom stereocenters. The highest BCUT2D eigenvalue weighted by Gasteiger charge is 2.13. The topological polar surface area (TPSA) is 115 Å². The minimum absolute atomic E-state index is 0.0400. The van der Waals surface area contributed by atoms with Crippen LogP contribution in [0.3, 0.4) is 0 Å². The van der Waals surface area contributed by atoms with Gasteiger partial charge in [0.25, 0.3) is 0 Å². The van der Waals surface area contributed by atoms with E-state index in [-0.39, 0.29) is 5.12 Å². The fourth-order valence-corrected chi connectivity index (χ4v) is 3.36. The number of nitrogens with two attached hydrogens (primary N) is 3. The Morgan fingerprint density at radius 2 is 1.87 bits per heavy atom. The molecule has 0 spiro atoms. The van der Waals surface area contributed by atoms with Crippen LogP contribution >= 0.6 is 33.3 Å². The lowest BCUT2D eigenvalue weighted by atomic mass is 10.4. The molecule has 0 bridgehead atoms. The van der Waals surface area contributed by atoms with Crippen molar-refractivity contribution >= 4 is 38.5 Å². The van der Waals surface area contributed by atoms with Crippen LogP contribution in [0.1, 0.15) is 0 Å². The van der Waals surface area contributed by atoms with Gasteiger partial charge in [-0.25, -0.2) is 0 Å². The van der Waals surface area contributed by atoms with Crippen molar-refractivity contribution in [2.45, 2.75) is 12.3 Å². The molecule has 0 amide bonds. The summed E-state index contributed by atoms with van der Waals surface area (Å²) in [6.45, 7) is 0.477. The van der Waals surface area contributed by atoms with Crippen LogP contribution in [0.25, 0.3) is 0 Å². The van der Waals surface area contributed by atoms with E-state index < -0.39 is 12.3 Å². The summed E-state index contributed by atoms with van der Waals surface area (Å²) in [7, 11) is 2.84. The molecular formula is C7H17N3O2S3. The summed E-state index contributed by atoms with van der Waals surface area (Å²) in [5, 5.41) is 8.73. The van der Waals surface area contributed by atoms with Crippen molar-refractivity contribution in [2.24, 2.45) is 17.2 Å². The average molecular weight is 271 g/mol. The zero-order valence-electron chi connectivity index (χ0n) is 8.30. The van der Waals surface area contributed by atoms with Crippen LogP contribution in [-0.2, 0) is 4.79 Å². The molecule has 90 valence electrons. The highest BCUT2D eigenvalue weighted by atomic mass is 33.1. The summed E-state index contributed by atoms with van der Waals surface area (Å²) >= 11 is 1.16. The van der Waals surface area contributed by atoms with Crippen LogP contribution in [-0.4, -0.2) is 46.3 Å². The first-order valence-corrected chi connectivity index (χ1v) is 7.85. The van der Waals surface area contributed by atoms with Gasteiger partial charge in [0, 0.05) is 23.8 Å². The number of carbonyl (C=O) groups excluding carboxylic acids is 1. The van der Waals surface area contributed by atoms with Gasteiger partial charge in [-0.2, -0.15) is 0 Å². The molecule has 0 aliphatic rings. The lowest BCUT2D eigenvalue weighted by Gasteiger charge is -2.09. The van der Waals surface area contributed by atoms with Gasteiger partial charge in [0.05, 0.1) is 6.04 Å². The molecule has 0 aliphatic heterocycles. The molecule has 0 fully saturated rings. The lowest BCUT2D eigenvalue weighted by Crippen LogP contribution is -2.31. The molecule has 0 saturated carbocycles. The average Bonchev–Trinajstić information content (AvgIpc) is 2.20. The maximum atomic E-state index is 11.3. The second-order valence-electron chi connectivity index (χ2n) is 2.70. The van der Waals surface area contributed by atoms with Gasteiger partial charge in [0.15, 0.2) is 0 Å². The van der Waals surface area contributed by atoms with Gasteiger partial charge in [-0.15, -0.1) is 0 Å². The van der Waals surface area contributed by atoms with E-state index in [2.05, 4.69) is 0 Å². The molecule has 15 heavy (non-hydrogen) atoms. The second kappa shape index (κ2) is 9.76. The van der Waals surface area contributed by atoms with Gasteiger partial charge in [-0.1, -0.05) is 33.3 Å². The number of carbonyl (C=O) groups is 1.